The number of hydrogen-bond acceptors (Lipinski definition) is 2. The van der Waals surface area contributed by atoms with E-state index in [9.17, 15) is 18.0 Å². The van der Waals surface area contributed by atoms with E-state index in [4.69, 9.17) is 11.6 Å². The Morgan fingerprint density at radius 3 is 2.44 bits per heavy atom. The summed E-state index contributed by atoms with van der Waals surface area (Å²) >= 11 is 5.80. The van der Waals surface area contributed by atoms with Crippen LogP contribution in [0, 0.1) is 6.92 Å². The van der Waals surface area contributed by atoms with Crippen LogP contribution in [0.25, 0.3) is 0 Å². The van der Waals surface area contributed by atoms with Crippen LogP contribution >= 0.6 is 11.6 Å². The summed E-state index contributed by atoms with van der Waals surface area (Å²) in [5.41, 5.74) is 0.835. The minimum Gasteiger partial charge on any atom is -0.299 e. The van der Waals surface area contributed by atoms with Gasteiger partial charge in [-0.3, -0.25) is 9.48 Å². The molecule has 1 aromatic rings. The van der Waals surface area contributed by atoms with Crippen LogP contribution in [0.15, 0.2) is 0 Å². The summed E-state index contributed by atoms with van der Waals surface area (Å²) in [5, 5.41) is 4.11. The first-order valence-electron chi connectivity index (χ1n) is 4.47. The van der Waals surface area contributed by atoms with Gasteiger partial charge in [-0.2, -0.15) is 18.3 Å². The summed E-state index contributed by atoms with van der Waals surface area (Å²) in [6.07, 6.45) is -6.24. The van der Waals surface area contributed by atoms with Crippen molar-refractivity contribution in [3.8, 4) is 0 Å². The van der Waals surface area contributed by atoms with Crippen LogP contribution in [-0.4, -0.2) is 21.7 Å². The second-order valence-electron chi connectivity index (χ2n) is 3.49. The first-order valence-corrected chi connectivity index (χ1v) is 4.85. The topological polar surface area (TPSA) is 34.9 Å². The van der Waals surface area contributed by atoms with E-state index >= 15 is 0 Å². The smallest absolute Gasteiger partial charge is 0.299 e. The molecule has 0 amide bonds. The molecule has 7 heteroatoms. The first-order chi connectivity index (χ1) is 7.20. The Balaban J connectivity index is 2.78. The zero-order valence-corrected chi connectivity index (χ0v) is 9.48. The van der Waals surface area contributed by atoms with Gasteiger partial charge < -0.3 is 0 Å². The Morgan fingerprint density at radius 2 is 2.06 bits per heavy atom. The van der Waals surface area contributed by atoms with E-state index in [1.807, 2.05) is 0 Å². The van der Waals surface area contributed by atoms with E-state index in [1.54, 1.807) is 14.0 Å². The molecule has 0 aliphatic rings. The largest absolute Gasteiger partial charge is 0.395 e. The summed E-state index contributed by atoms with van der Waals surface area (Å²) in [4.78, 5) is 11.1. The third kappa shape index (κ3) is 3.23. The molecule has 0 unspecified atom stereocenters. The molecular formula is C9H10ClF3N2O. The summed E-state index contributed by atoms with van der Waals surface area (Å²) < 4.78 is 37.1. The molecule has 0 atom stereocenters. The number of aryl methyl sites for hydroxylation is 2. The molecule has 0 aliphatic heterocycles. The van der Waals surface area contributed by atoms with E-state index in [-0.39, 0.29) is 11.6 Å². The van der Waals surface area contributed by atoms with Gasteiger partial charge in [-0.05, 0) is 6.92 Å². The Morgan fingerprint density at radius 1 is 1.50 bits per heavy atom. The zero-order valence-electron chi connectivity index (χ0n) is 8.73. The highest BCUT2D eigenvalue weighted by Crippen LogP contribution is 2.24. The molecule has 0 bridgehead atoms. The lowest BCUT2D eigenvalue weighted by Gasteiger charge is -2.04. The molecule has 1 heterocycles. The van der Waals surface area contributed by atoms with Crippen molar-refractivity contribution in [2.45, 2.75) is 25.9 Å². The normalized spacial score (nSPS) is 11.9. The number of carbonyl (C=O) groups is 1. The molecule has 3 nitrogen and oxygen atoms in total. The first kappa shape index (κ1) is 13.0. The maximum absolute atomic E-state index is 11.9. The fourth-order valence-corrected chi connectivity index (χ4v) is 1.60. The summed E-state index contributed by atoms with van der Waals surface area (Å²) in [7, 11) is 1.56. The molecule has 0 saturated heterocycles. The fraction of sp³-hybridized carbons (Fsp3) is 0.556. The number of ketones is 1. The molecule has 16 heavy (non-hydrogen) atoms. The van der Waals surface area contributed by atoms with Crippen molar-refractivity contribution in [1.29, 1.82) is 0 Å². The van der Waals surface area contributed by atoms with Crippen LogP contribution in [-0.2, 0) is 18.3 Å². The molecule has 0 aliphatic carbocycles. The van der Waals surface area contributed by atoms with Gasteiger partial charge in [0, 0.05) is 19.0 Å². The molecule has 0 radical (unpaired) electrons. The van der Waals surface area contributed by atoms with E-state index in [1.165, 1.54) is 4.68 Å². The minimum atomic E-state index is -4.47. The van der Waals surface area contributed by atoms with Crippen molar-refractivity contribution in [2.24, 2.45) is 7.05 Å². The Kier molecular flexibility index (Phi) is 3.62. The second-order valence-corrected chi connectivity index (χ2v) is 3.84. The van der Waals surface area contributed by atoms with Crippen molar-refractivity contribution < 1.29 is 18.0 Å². The predicted octanol–water partition coefficient (Wildman–Crippen LogP) is 2.45. The maximum atomic E-state index is 11.9. The maximum Gasteiger partial charge on any atom is 0.395 e. The fourth-order valence-electron chi connectivity index (χ4n) is 1.36. The average Bonchev–Trinajstić information content (AvgIpc) is 2.29. The van der Waals surface area contributed by atoms with Crippen molar-refractivity contribution >= 4 is 17.4 Å². The number of carbonyl (C=O) groups excluding carboxylic acids is 1. The lowest BCUT2D eigenvalue weighted by Crippen LogP contribution is -2.16. The third-order valence-corrected chi connectivity index (χ3v) is 2.51. The number of Topliss-reactive ketones (excluding diaryl/α,β-unsaturated/α-hetero) is 1. The van der Waals surface area contributed by atoms with Gasteiger partial charge >= 0.3 is 6.18 Å². The van der Waals surface area contributed by atoms with E-state index in [0.717, 1.165) is 0 Å². The van der Waals surface area contributed by atoms with Gasteiger partial charge in [0.25, 0.3) is 0 Å². The Labute approximate surface area is 95.2 Å². The van der Waals surface area contributed by atoms with Crippen LogP contribution in [0.1, 0.15) is 17.7 Å². The third-order valence-electron chi connectivity index (χ3n) is 2.04. The highest BCUT2D eigenvalue weighted by Gasteiger charge is 2.31. The minimum absolute atomic E-state index is 0.202. The predicted molar refractivity (Wildman–Crippen MR) is 52.3 cm³/mol. The van der Waals surface area contributed by atoms with Gasteiger partial charge in [-0.25, -0.2) is 0 Å². The second kappa shape index (κ2) is 4.45. The lowest BCUT2D eigenvalue weighted by atomic mass is 10.1. The Hall–Kier alpha value is -1.04. The summed E-state index contributed by atoms with van der Waals surface area (Å²) in [5.74, 6) is -0.912. The van der Waals surface area contributed by atoms with Gasteiger partial charge in [0.15, 0.2) is 0 Å². The number of aromatic nitrogens is 2. The Bertz CT molecular complexity index is 412. The summed E-state index contributed by atoms with van der Waals surface area (Å²) in [6, 6.07) is 0. The van der Waals surface area contributed by atoms with Gasteiger partial charge in [0.2, 0.25) is 0 Å². The standard InChI is InChI=1S/C9H10ClF3N2O/c1-5-7(8(10)15(2)14-5)3-6(16)4-9(11,12)13/h3-4H2,1-2H3. The van der Waals surface area contributed by atoms with Crippen molar-refractivity contribution in [3.63, 3.8) is 0 Å². The lowest BCUT2D eigenvalue weighted by molar-refractivity contribution is -0.151. The average molecular weight is 255 g/mol. The number of nitrogens with zero attached hydrogens (tertiary/aromatic N) is 2. The van der Waals surface area contributed by atoms with E-state index in [2.05, 4.69) is 5.10 Å². The molecular weight excluding hydrogens is 245 g/mol. The number of halogens is 4. The highest BCUT2D eigenvalue weighted by atomic mass is 35.5. The molecule has 90 valence electrons. The van der Waals surface area contributed by atoms with Gasteiger partial charge in [0.05, 0.1) is 5.69 Å². The quantitative estimate of drug-likeness (QED) is 0.830. The molecule has 0 spiro atoms. The van der Waals surface area contributed by atoms with E-state index < -0.39 is 18.4 Å². The van der Waals surface area contributed by atoms with Crippen molar-refractivity contribution in [3.05, 3.63) is 16.4 Å². The van der Waals surface area contributed by atoms with Crippen LogP contribution in [0.2, 0.25) is 5.15 Å². The SMILES string of the molecule is Cc1nn(C)c(Cl)c1CC(=O)CC(F)(F)F. The molecule has 1 aromatic heterocycles. The monoisotopic (exact) mass is 254 g/mol. The van der Waals surface area contributed by atoms with Gasteiger partial charge in [-0.1, -0.05) is 11.6 Å². The van der Waals surface area contributed by atoms with Crippen molar-refractivity contribution in [1.82, 2.24) is 9.78 Å². The summed E-state index contributed by atoms with van der Waals surface area (Å²) in [6.45, 7) is 1.60. The number of alkyl halides is 3. The van der Waals surface area contributed by atoms with Gasteiger partial charge in [-0.15, -0.1) is 0 Å². The van der Waals surface area contributed by atoms with Crippen molar-refractivity contribution in [2.75, 3.05) is 0 Å². The molecule has 0 saturated carbocycles. The number of hydrogen-bond donors (Lipinski definition) is 0. The van der Waals surface area contributed by atoms with Crippen LogP contribution in [0.4, 0.5) is 13.2 Å². The van der Waals surface area contributed by atoms with Crippen LogP contribution in [0.3, 0.4) is 0 Å². The molecule has 0 N–H and O–H groups in total. The molecule has 0 aromatic carbocycles. The number of rotatable bonds is 3. The molecule has 0 fully saturated rings. The highest BCUT2D eigenvalue weighted by molar-refractivity contribution is 6.30. The zero-order chi connectivity index (χ0) is 12.5. The van der Waals surface area contributed by atoms with Gasteiger partial charge in [0.1, 0.15) is 17.4 Å². The molecule has 1 rings (SSSR count). The van der Waals surface area contributed by atoms with Crippen LogP contribution in [0.5, 0.6) is 0 Å². The van der Waals surface area contributed by atoms with E-state index in [0.29, 0.717) is 11.3 Å². The van der Waals surface area contributed by atoms with Crippen LogP contribution < -0.4 is 0 Å².